The molecule has 1 N–H and O–H groups in total. The number of morpholine rings is 1. The Labute approximate surface area is 197 Å². The minimum absolute atomic E-state index is 0.0480. The maximum Gasteiger partial charge on any atom is 0.233 e. The first-order chi connectivity index (χ1) is 16.0. The van der Waals surface area contributed by atoms with Crippen LogP contribution < -0.4 is 0 Å². The molecule has 1 aliphatic heterocycles. The van der Waals surface area contributed by atoms with Gasteiger partial charge in [0.2, 0.25) is 5.91 Å². The van der Waals surface area contributed by atoms with Crippen molar-refractivity contribution in [3.05, 3.63) is 60.3 Å². The van der Waals surface area contributed by atoms with Crippen LogP contribution in [-0.2, 0) is 9.53 Å². The standard InChI is InChI=1S/C25H27N5O2S/c1-16-8-4-7-11-22(16)30-24(20-12-26-21-10-6-5-9-19(20)21)27-28-25(30)33-15-23(31)29-13-17(2)32-18(3)14-29/h4-12,17-18,26H,13-15H2,1-3H3/t17-,18+. The molecule has 1 saturated heterocycles. The second-order valence-corrected chi connectivity index (χ2v) is 9.46. The number of rotatable bonds is 5. The predicted octanol–water partition coefficient (Wildman–Crippen LogP) is 4.45. The van der Waals surface area contributed by atoms with Gasteiger partial charge in [-0.15, -0.1) is 10.2 Å². The molecule has 2 atom stereocenters. The van der Waals surface area contributed by atoms with Crippen molar-refractivity contribution < 1.29 is 9.53 Å². The summed E-state index contributed by atoms with van der Waals surface area (Å²) in [5.74, 6) is 1.15. The number of fused-ring (bicyclic) bond motifs is 1. The molecule has 0 aliphatic carbocycles. The zero-order valence-corrected chi connectivity index (χ0v) is 19.8. The average molecular weight is 462 g/mol. The van der Waals surface area contributed by atoms with Crippen molar-refractivity contribution in [3.8, 4) is 17.1 Å². The number of nitrogens with one attached hydrogen (secondary N) is 1. The number of carbonyl (C=O) groups is 1. The molecule has 33 heavy (non-hydrogen) atoms. The summed E-state index contributed by atoms with van der Waals surface area (Å²) in [6.45, 7) is 7.32. The monoisotopic (exact) mass is 461 g/mol. The molecular formula is C25H27N5O2S. The van der Waals surface area contributed by atoms with Crippen molar-refractivity contribution in [1.29, 1.82) is 0 Å². The molecule has 3 heterocycles. The third kappa shape index (κ3) is 4.28. The molecule has 0 unspecified atom stereocenters. The van der Waals surface area contributed by atoms with Gasteiger partial charge in [0.05, 0.1) is 23.6 Å². The number of H-pyrrole nitrogens is 1. The first kappa shape index (κ1) is 21.7. The van der Waals surface area contributed by atoms with E-state index in [4.69, 9.17) is 4.74 Å². The van der Waals surface area contributed by atoms with Crippen LogP contribution in [0.1, 0.15) is 19.4 Å². The summed E-state index contributed by atoms with van der Waals surface area (Å²) in [4.78, 5) is 18.2. The van der Waals surface area contributed by atoms with Crippen LogP contribution in [0.2, 0.25) is 0 Å². The lowest BCUT2D eigenvalue weighted by atomic mass is 10.1. The molecule has 2 aromatic carbocycles. The summed E-state index contributed by atoms with van der Waals surface area (Å²) in [6.07, 6.45) is 2.07. The number of carbonyl (C=O) groups excluding carboxylic acids is 1. The fourth-order valence-electron chi connectivity index (χ4n) is 4.42. The largest absolute Gasteiger partial charge is 0.372 e. The van der Waals surface area contributed by atoms with Crippen LogP contribution >= 0.6 is 11.8 Å². The molecule has 170 valence electrons. The lowest BCUT2D eigenvalue weighted by Crippen LogP contribution is -2.48. The zero-order chi connectivity index (χ0) is 22.9. The highest BCUT2D eigenvalue weighted by molar-refractivity contribution is 7.99. The van der Waals surface area contributed by atoms with Crippen molar-refractivity contribution in [2.45, 2.75) is 38.1 Å². The Morgan fingerprint density at radius 2 is 1.82 bits per heavy atom. The molecular weight excluding hydrogens is 434 g/mol. The molecule has 0 radical (unpaired) electrons. The van der Waals surface area contributed by atoms with Crippen molar-refractivity contribution in [1.82, 2.24) is 24.6 Å². The number of aromatic nitrogens is 4. The van der Waals surface area contributed by atoms with Gasteiger partial charge in [-0.05, 0) is 38.5 Å². The first-order valence-electron chi connectivity index (χ1n) is 11.1. The van der Waals surface area contributed by atoms with E-state index in [1.165, 1.54) is 11.8 Å². The lowest BCUT2D eigenvalue weighted by molar-refractivity contribution is -0.140. The van der Waals surface area contributed by atoms with Gasteiger partial charge in [-0.1, -0.05) is 48.2 Å². The summed E-state index contributed by atoms with van der Waals surface area (Å²) in [5, 5.41) is 10.9. The Hall–Kier alpha value is -3.10. The molecule has 0 spiro atoms. The Morgan fingerprint density at radius 3 is 2.61 bits per heavy atom. The molecule has 1 amide bonds. The SMILES string of the molecule is Cc1ccccc1-n1c(SCC(=O)N2C[C@@H](C)O[C@@H](C)C2)nnc1-c1c[nH]c2ccccc12. The van der Waals surface area contributed by atoms with E-state index in [9.17, 15) is 4.79 Å². The van der Waals surface area contributed by atoms with Crippen LogP contribution in [-0.4, -0.2) is 61.6 Å². The van der Waals surface area contributed by atoms with Gasteiger partial charge < -0.3 is 14.6 Å². The second-order valence-electron chi connectivity index (χ2n) is 8.52. The number of hydrogen-bond donors (Lipinski definition) is 1. The Bertz CT molecular complexity index is 1290. The highest BCUT2D eigenvalue weighted by Gasteiger charge is 2.27. The maximum absolute atomic E-state index is 13.0. The number of thioether (sulfide) groups is 1. The summed E-state index contributed by atoms with van der Waals surface area (Å²) < 4.78 is 7.83. The first-order valence-corrected chi connectivity index (χ1v) is 12.1. The number of aromatic amines is 1. The van der Waals surface area contributed by atoms with E-state index in [0.29, 0.717) is 24.0 Å². The number of benzene rings is 2. The number of nitrogens with zero attached hydrogens (tertiary/aromatic N) is 4. The summed E-state index contributed by atoms with van der Waals surface area (Å²) >= 11 is 1.43. The fraction of sp³-hybridized carbons (Fsp3) is 0.320. The third-order valence-corrected chi connectivity index (χ3v) is 6.83. The van der Waals surface area contributed by atoms with Crippen molar-refractivity contribution in [2.75, 3.05) is 18.8 Å². The summed E-state index contributed by atoms with van der Waals surface area (Å²) in [7, 11) is 0. The number of amides is 1. The second kappa shape index (κ2) is 9.03. The Kier molecular flexibility index (Phi) is 5.95. The highest BCUT2D eigenvalue weighted by atomic mass is 32.2. The van der Waals surface area contributed by atoms with Crippen LogP contribution in [0.5, 0.6) is 0 Å². The fourth-order valence-corrected chi connectivity index (χ4v) is 5.27. The lowest BCUT2D eigenvalue weighted by Gasteiger charge is -2.35. The smallest absolute Gasteiger partial charge is 0.233 e. The molecule has 2 aromatic heterocycles. The van der Waals surface area contributed by atoms with Crippen LogP contribution in [0, 0.1) is 6.92 Å². The van der Waals surface area contributed by atoms with Crippen LogP contribution in [0.15, 0.2) is 59.9 Å². The van der Waals surface area contributed by atoms with Crippen molar-refractivity contribution >= 4 is 28.6 Å². The van der Waals surface area contributed by atoms with Gasteiger partial charge in [0.1, 0.15) is 0 Å². The topological polar surface area (TPSA) is 76.0 Å². The molecule has 1 aliphatic rings. The van der Waals surface area contributed by atoms with Gasteiger partial charge in [-0.25, -0.2) is 0 Å². The average Bonchev–Trinajstić information content (AvgIpc) is 3.41. The molecule has 8 heteroatoms. The molecule has 7 nitrogen and oxygen atoms in total. The van der Waals surface area contributed by atoms with Gasteiger partial charge >= 0.3 is 0 Å². The number of hydrogen-bond acceptors (Lipinski definition) is 5. The van der Waals surface area contributed by atoms with Gasteiger partial charge in [-0.3, -0.25) is 9.36 Å². The van der Waals surface area contributed by atoms with Crippen LogP contribution in [0.4, 0.5) is 0 Å². The molecule has 5 rings (SSSR count). The van der Waals surface area contributed by atoms with E-state index in [2.05, 4.69) is 44.9 Å². The molecule has 4 aromatic rings. The quantitative estimate of drug-likeness (QED) is 0.445. The van der Waals surface area contributed by atoms with E-state index in [1.807, 2.05) is 55.3 Å². The van der Waals surface area contributed by atoms with Gasteiger partial charge in [-0.2, -0.15) is 0 Å². The Balaban J connectivity index is 1.49. The van der Waals surface area contributed by atoms with E-state index in [-0.39, 0.29) is 18.1 Å². The maximum atomic E-state index is 13.0. The number of ether oxygens (including phenoxy) is 1. The van der Waals surface area contributed by atoms with Gasteiger partial charge in [0, 0.05) is 35.8 Å². The van der Waals surface area contributed by atoms with Crippen LogP contribution in [0.3, 0.4) is 0 Å². The minimum atomic E-state index is 0.0480. The summed E-state index contributed by atoms with van der Waals surface area (Å²) in [6, 6.07) is 16.3. The van der Waals surface area contributed by atoms with Gasteiger partial charge in [0.15, 0.2) is 11.0 Å². The number of aryl methyl sites for hydroxylation is 1. The molecule has 0 saturated carbocycles. The highest BCUT2D eigenvalue weighted by Crippen LogP contribution is 2.33. The molecule has 1 fully saturated rings. The van der Waals surface area contributed by atoms with E-state index in [0.717, 1.165) is 33.5 Å². The number of para-hydroxylation sites is 2. The van der Waals surface area contributed by atoms with E-state index in [1.54, 1.807) is 0 Å². The zero-order valence-electron chi connectivity index (χ0n) is 19.0. The summed E-state index contributed by atoms with van der Waals surface area (Å²) in [5.41, 5.74) is 4.15. The van der Waals surface area contributed by atoms with Crippen LogP contribution in [0.25, 0.3) is 28.0 Å². The molecule has 0 bridgehead atoms. The third-order valence-electron chi connectivity index (χ3n) is 5.92. The van der Waals surface area contributed by atoms with Gasteiger partial charge in [0.25, 0.3) is 0 Å². The normalized spacial score (nSPS) is 18.7. The van der Waals surface area contributed by atoms with E-state index < -0.39 is 0 Å². The minimum Gasteiger partial charge on any atom is -0.372 e. The van der Waals surface area contributed by atoms with E-state index >= 15 is 0 Å². The van der Waals surface area contributed by atoms with Crippen molar-refractivity contribution in [3.63, 3.8) is 0 Å². The predicted molar refractivity (Wildman–Crippen MR) is 131 cm³/mol. The Morgan fingerprint density at radius 1 is 1.09 bits per heavy atom. The van der Waals surface area contributed by atoms with Crippen molar-refractivity contribution in [2.24, 2.45) is 0 Å².